The average Bonchev–Trinajstić information content (AvgIpc) is 2.59. The summed E-state index contributed by atoms with van der Waals surface area (Å²) in [7, 11) is 1.53. The molecule has 2 aromatic rings. The Balaban J connectivity index is 2.63. The molecule has 0 saturated heterocycles. The second kappa shape index (κ2) is 8.24. The Hall–Kier alpha value is -2.95. The molecule has 5 heteroatoms. The molecule has 0 amide bonds. The molecule has 132 valence electrons. The monoisotopic (exact) mass is 342 g/mol. The van der Waals surface area contributed by atoms with E-state index in [-0.39, 0.29) is 11.7 Å². The van der Waals surface area contributed by atoms with Crippen LogP contribution in [0.25, 0.3) is 11.1 Å². The molecule has 0 bridgehead atoms. The van der Waals surface area contributed by atoms with Crippen LogP contribution in [0.15, 0.2) is 49.1 Å². The number of benzene rings is 2. The smallest absolute Gasteiger partial charge is 0.336 e. The molecule has 5 nitrogen and oxygen atoms in total. The van der Waals surface area contributed by atoms with Crippen molar-refractivity contribution in [1.82, 2.24) is 0 Å². The van der Waals surface area contributed by atoms with Gasteiger partial charge in [0, 0.05) is 17.2 Å². The molecule has 0 aliphatic rings. The fourth-order valence-electron chi connectivity index (χ4n) is 2.46. The summed E-state index contributed by atoms with van der Waals surface area (Å²) in [4.78, 5) is 11.7. The second-order valence-corrected chi connectivity index (χ2v) is 5.61. The highest BCUT2D eigenvalue weighted by atomic mass is 16.5. The molecule has 0 saturated carbocycles. The average molecular weight is 342 g/mol. The predicted molar refractivity (Wildman–Crippen MR) is 96.8 cm³/mol. The van der Waals surface area contributed by atoms with E-state index in [0.717, 1.165) is 0 Å². The molecule has 0 spiro atoms. The van der Waals surface area contributed by atoms with Crippen molar-refractivity contribution in [2.75, 3.05) is 13.7 Å². The van der Waals surface area contributed by atoms with Gasteiger partial charge in [-0.05, 0) is 38.1 Å². The summed E-state index contributed by atoms with van der Waals surface area (Å²) in [6, 6.07) is 10.2. The summed E-state index contributed by atoms with van der Waals surface area (Å²) in [6.45, 7) is 7.77. The fourth-order valence-corrected chi connectivity index (χ4v) is 2.46. The third-order valence-electron chi connectivity index (χ3n) is 3.43. The lowest BCUT2D eigenvalue weighted by Gasteiger charge is -2.18. The predicted octanol–water partition coefficient (Wildman–Crippen LogP) is 4.41. The van der Waals surface area contributed by atoms with Crippen LogP contribution in [0.3, 0.4) is 0 Å². The van der Waals surface area contributed by atoms with Crippen molar-refractivity contribution in [1.29, 1.82) is 0 Å². The van der Waals surface area contributed by atoms with Gasteiger partial charge in [-0.2, -0.15) is 0 Å². The summed E-state index contributed by atoms with van der Waals surface area (Å²) >= 11 is 0. The van der Waals surface area contributed by atoms with Gasteiger partial charge >= 0.3 is 5.97 Å². The van der Waals surface area contributed by atoms with Crippen LogP contribution in [0.1, 0.15) is 24.2 Å². The summed E-state index contributed by atoms with van der Waals surface area (Å²) in [5, 5.41) is 9.59. The van der Waals surface area contributed by atoms with E-state index in [2.05, 4.69) is 6.58 Å². The number of hydrogen-bond acceptors (Lipinski definition) is 4. The van der Waals surface area contributed by atoms with E-state index in [4.69, 9.17) is 14.2 Å². The fraction of sp³-hybridized carbons (Fsp3) is 0.250. The maximum absolute atomic E-state index is 11.7. The molecule has 1 N–H and O–H groups in total. The highest BCUT2D eigenvalue weighted by Crippen LogP contribution is 2.41. The van der Waals surface area contributed by atoms with Crippen molar-refractivity contribution in [3.63, 3.8) is 0 Å². The van der Waals surface area contributed by atoms with Gasteiger partial charge < -0.3 is 19.3 Å². The molecular weight excluding hydrogens is 320 g/mol. The lowest BCUT2D eigenvalue weighted by atomic mass is 9.97. The van der Waals surface area contributed by atoms with E-state index >= 15 is 0 Å². The van der Waals surface area contributed by atoms with Crippen LogP contribution in [-0.4, -0.2) is 30.9 Å². The molecule has 2 rings (SSSR count). The Morgan fingerprint density at radius 2 is 2.00 bits per heavy atom. The minimum absolute atomic E-state index is 0.0935. The maximum Gasteiger partial charge on any atom is 0.336 e. The van der Waals surface area contributed by atoms with Gasteiger partial charge in [0.25, 0.3) is 0 Å². The van der Waals surface area contributed by atoms with Gasteiger partial charge in [0.15, 0.2) is 0 Å². The van der Waals surface area contributed by atoms with Crippen molar-refractivity contribution >= 4 is 5.97 Å². The van der Waals surface area contributed by atoms with E-state index < -0.39 is 5.97 Å². The molecule has 0 unspecified atom stereocenters. The first-order valence-electron chi connectivity index (χ1n) is 7.93. The first kappa shape index (κ1) is 18.4. The quantitative estimate of drug-likeness (QED) is 0.720. The van der Waals surface area contributed by atoms with Crippen LogP contribution >= 0.6 is 0 Å². The van der Waals surface area contributed by atoms with E-state index in [1.165, 1.54) is 7.11 Å². The third kappa shape index (κ3) is 4.32. The van der Waals surface area contributed by atoms with Crippen molar-refractivity contribution in [2.24, 2.45) is 0 Å². The van der Waals surface area contributed by atoms with Crippen molar-refractivity contribution in [3.05, 3.63) is 54.6 Å². The molecule has 0 fully saturated rings. The number of hydrogen-bond donors (Lipinski definition) is 1. The van der Waals surface area contributed by atoms with Gasteiger partial charge in [0.2, 0.25) is 0 Å². The lowest BCUT2D eigenvalue weighted by molar-refractivity contribution is 0.0697. The number of aromatic carboxylic acids is 1. The van der Waals surface area contributed by atoms with Gasteiger partial charge in [-0.15, -0.1) is 0 Å². The molecule has 0 atom stereocenters. The molecule has 0 radical (unpaired) electrons. The normalized spacial score (nSPS) is 10.4. The number of carbonyl (C=O) groups is 1. The first-order valence-corrected chi connectivity index (χ1v) is 7.93. The van der Waals surface area contributed by atoms with Gasteiger partial charge in [-0.25, -0.2) is 4.79 Å². The van der Waals surface area contributed by atoms with Crippen LogP contribution < -0.4 is 14.2 Å². The summed E-state index contributed by atoms with van der Waals surface area (Å²) in [5.41, 5.74) is 1.26. The van der Waals surface area contributed by atoms with Gasteiger partial charge in [0.05, 0.1) is 18.8 Å². The molecular formula is C20H22O5. The summed E-state index contributed by atoms with van der Waals surface area (Å²) < 4.78 is 16.8. The number of methoxy groups -OCH3 is 1. The van der Waals surface area contributed by atoms with Crippen LogP contribution in [0.5, 0.6) is 17.2 Å². The molecule has 2 aromatic carbocycles. The van der Waals surface area contributed by atoms with Gasteiger partial charge in [-0.3, -0.25) is 0 Å². The highest BCUT2D eigenvalue weighted by molar-refractivity contribution is 5.99. The number of rotatable bonds is 8. The summed E-state index contributed by atoms with van der Waals surface area (Å²) in [5.74, 6) is 0.578. The Kier molecular flexibility index (Phi) is 6.06. The molecule has 25 heavy (non-hydrogen) atoms. The Morgan fingerprint density at radius 1 is 1.24 bits per heavy atom. The zero-order valence-corrected chi connectivity index (χ0v) is 14.6. The van der Waals surface area contributed by atoms with Crippen LogP contribution in [0, 0.1) is 0 Å². The second-order valence-electron chi connectivity index (χ2n) is 5.61. The van der Waals surface area contributed by atoms with E-state index in [9.17, 15) is 9.90 Å². The minimum Gasteiger partial charge on any atom is -0.496 e. The summed E-state index contributed by atoms with van der Waals surface area (Å²) in [6.07, 6.45) is 1.55. The molecule has 0 heterocycles. The van der Waals surface area contributed by atoms with Crippen LogP contribution in [0.2, 0.25) is 0 Å². The Labute approximate surface area is 147 Å². The molecule has 0 aromatic heterocycles. The van der Waals surface area contributed by atoms with E-state index in [1.54, 1.807) is 42.5 Å². The minimum atomic E-state index is -1.03. The van der Waals surface area contributed by atoms with E-state index in [0.29, 0.717) is 35.0 Å². The van der Waals surface area contributed by atoms with Crippen molar-refractivity contribution in [3.8, 4) is 28.4 Å². The zero-order chi connectivity index (χ0) is 18.4. The first-order chi connectivity index (χ1) is 12.0. The third-order valence-corrected chi connectivity index (χ3v) is 3.43. The number of ether oxygens (including phenoxy) is 3. The van der Waals surface area contributed by atoms with Crippen molar-refractivity contribution < 1.29 is 24.1 Å². The molecule has 0 aliphatic heterocycles. The number of carboxylic acid groups (broad SMARTS) is 1. The highest BCUT2D eigenvalue weighted by Gasteiger charge is 2.21. The van der Waals surface area contributed by atoms with Crippen LogP contribution in [-0.2, 0) is 0 Å². The zero-order valence-electron chi connectivity index (χ0n) is 14.6. The topological polar surface area (TPSA) is 65.0 Å². The Bertz CT molecular complexity index is 765. The molecule has 0 aliphatic carbocycles. The van der Waals surface area contributed by atoms with E-state index in [1.807, 2.05) is 13.8 Å². The maximum atomic E-state index is 11.7. The van der Waals surface area contributed by atoms with Gasteiger partial charge in [-0.1, -0.05) is 18.7 Å². The van der Waals surface area contributed by atoms with Crippen LogP contribution in [0.4, 0.5) is 0 Å². The Morgan fingerprint density at radius 3 is 2.60 bits per heavy atom. The van der Waals surface area contributed by atoms with Gasteiger partial charge in [0.1, 0.15) is 23.9 Å². The standard InChI is InChI=1S/C20H22O5/c1-5-11-24-14-9-10-15(18(12-14)23-4)19-16(20(21)22)7-6-8-17(19)25-13(2)3/h5-10,12-13H,1,11H2,2-4H3,(H,21,22). The SMILES string of the molecule is C=CCOc1ccc(-c2c(OC(C)C)cccc2C(=O)O)c(OC)c1. The van der Waals surface area contributed by atoms with Crippen molar-refractivity contribution in [2.45, 2.75) is 20.0 Å². The largest absolute Gasteiger partial charge is 0.496 e. The lowest BCUT2D eigenvalue weighted by Crippen LogP contribution is -2.09. The number of carboxylic acids is 1.